The zero-order valence-electron chi connectivity index (χ0n) is 13.5. The highest BCUT2D eigenvalue weighted by Crippen LogP contribution is 2.18. The van der Waals surface area contributed by atoms with Crippen molar-refractivity contribution in [3.05, 3.63) is 59.1 Å². The Morgan fingerprint density at radius 1 is 1.04 bits per heavy atom. The van der Waals surface area contributed by atoms with Crippen molar-refractivity contribution in [1.29, 1.82) is 0 Å². The topological polar surface area (TPSA) is 59.6 Å². The number of rotatable bonds is 8. The third-order valence-corrected chi connectivity index (χ3v) is 3.56. The monoisotopic (exact) mass is 348 g/mol. The minimum Gasteiger partial charge on any atom is -0.497 e. The number of benzene rings is 2. The number of hydrogen-bond donors (Lipinski definition) is 2. The van der Waals surface area contributed by atoms with Gasteiger partial charge in [0.15, 0.2) is 0 Å². The lowest BCUT2D eigenvalue weighted by Crippen LogP contribution is -2.38. The third kappa shape index (κ3) is 6.38. The summed E-state index contributed by atoms with van der Waals surface area (Å²) in [6.07, 6.45) is 0.755. The Morgan fingerprint density at radius 3 is 2.50 bits per heavy atom. The Kier molecular flexibility index (Phi) is 7.23. The van der Waals surface area contributed by atoms with Gasteiger partial charge >= 0.3 is 6.03 Å². The summed E-state index contributed by atoms with van der Waals surface area (Å²) in [5, 5.41) is 6.26. The highest BCUT2D eigenvalue weighted by atomic mass is 35.5. The van der Waals surface area contributed by atoms with Crippen molar-refractivity contribution in [2.75, 3.05) is 26.8 Å². The van der Waals surface area contributed by atoms with Crippen molar-refractivity contribution in [2.24, 2.45) is 0 Å². The van der Waals surface area contributed by atoms with Crippen LogP contribution in [-0.2, 0) is 6.42 Å². The molecule has 6 heteroatoms. The van der Waals surface area contributed by atoms with Crippen molar-refractivity contribution in [3.8, 4) is 11.5 Å². The smallest absolute Gasteiger partial charge is 0.314 e. The summed E-state index contributed by atoms with van der Waals surface area (Å²) in [4.78, 5) is 11.7. The normalized spacial score (nSPS) is 10.1. The summed E-state index contributed by atoms with van der Waals surface area (Å²) in [5.41, 5.74) is 1.13. The van der Waals surface area contributed by atoms with E-state index in [1.807, 2.05) is 42.5 Å². The fraction of sp³-hybridized carbons (Fsp3) is 0.278. The molecule has 0 spiro atoms. The molecular weight excluding hydrogens is 328 g/mol. The van der Waals surface area contributed by atoms with Crippen LogP contribution < -0.4 is 20.1 Å². The molecular formula is C18H21ClN2O3. The second-order valence-corrected chi connectivity index (χ2v) is 5.52. The minimum absolute atomic E-state index is 0.210. The summed E-state index contributed by atoms with van der Waals surface area (Å²) in [5.74, 6) is 1.44. The molecule has 0 aromatic heterocycles. The van der Waals surface area contributed by atoms with Gasteiger partial charge in [-0.05, 0) is 36.2 Å². The van der Waals surface area contributed by atoms with Crippen LogP contribution in [-0.4, -0.2) is 32.8 Å². The number of amides is 2. The van der Waals surface area contributed by atoms with Crippen molar-refractivity contribution in [2.45, 2.75) is 6.42 Å². The largest absolute Gasteiger partial charge is 0.497 e. The molecule has 0 saturated heterocycles. The molecule has 2 amide bonds. The zero-order chi connectivity index (χ0) is 17.2. The molecule has 128 valence electrons. The van der Waals surface area contributed by atoms with E-state index in [1.165, 1.54) is 0 Å². The number of hydrogen-bond acceptors (Lipinski definition) is 3. The van der Waals surface area contributed by atoms with Crippen LogP contribution in [0, 0.1) is 0 Å². The van der Waals surface area contributed by atoms with Crippen LogP contribution >= 0.6 is 11.6 Å². The molecule has 0 bridgehead atoms. The second kappa shape index (κ2) is 9.67. The van der Waals surface area contributed by atoms with Gasteiger partial charge in [0.1, 0.15) is 18.1 Å². The van der Waals surface area contributed by atoms with E-state index in [4.69, 9.17) is 21.1 Å². The molecule has 0 saturated carbocycles. The van der Waals surface area contributed by atoms with Gasteiger partial charge in [0.2, 0.25) is 0 Å². The number of nitrogens with one attached hydrogen (secondary N) is 2. The van der Waals surface area contributed by atoms with Gasteiger partial charge in [0.25, 0.3) is 0 Å². The predicted octanol–water partition coefficient (Wildman–Crippen LogP) is 3.27. The molecule has 2 aromatic rings. The molecule has 0 aliphatic heterocycles. The Labute approximate surface area is 146 Å². The summed E-state index contributed by atoms with van der Waals surface area (Å²) in [6, 6.07) is 14.7. The van der Waals surface area contributed by atoms with Gasteiger partial charge in [-0.1, -0.05) is 29.8 Å². The molecule has 0 fully saturated rings. The summed E-state index contributed by atoms with van der Waals surface area (Å²) >= 11 is 5.83. The molecule has 0 atom stereocenters. The first-order valence-electron chi connectivity index (χ1n) is 7.70. The molecule has 2 rings (SSSR count). The van der Waals surface area contributed by atoms with Gasteiger partial charge in [0.05, 0.1) is 13.7 Å². The molecule has 0 heterocycles. The highest BCUT2D eigenvalue weighted by molar-refractivity contribution is 6.30. The fourth-order valence-corrected chi connectivity index (χ4v) is 2.18. The average molecular weight is 349 g/mol. The molecule has 2 N–H and O–H groups in total. The van der Waals surface area contributed by atoms with E-state index in [1.54, 1.807) is 13.2 Å². The molecule has 2 aromatic carbocycles. The quantitative estimate of drug-likeness (QED) is 0.720. The molecule has 0 unspecified atom stereocenters. The third-order valence-electron chi connectivity index (χ3n) is 3.31. The van der Waals surface area contributed by atoms with Crippen LogP contribution in [0.3, 0.4) is 0 Å². The first kappa shape index (κ1) is 17.9. The molecule has 24 heavy (non-hydrogen) atoms. The van der Waals surface area contributed by atoms with E-state index in [-0.39, 0.29) is 6.03 Å². The van der Waals surface area contributed by atoms with Crippen molar-refractivity contribution in [3.63, 3.8) is 0 Å². The first-order chi connectivity index (χ1) is 11.7. The van der Waals surface area contributed by atoms with Gasteiger partial charge in [0, 0.05) is 17.6 Å². The van der Waals surface area contributed by atoms with E-state index in [0.29, 0.717) is 30.5 Å². The van der Waals surface area contributed by atoms with Gasteiger partial charge in [-0.25, -0.2) is 4.79 Å². The number of urea groups is 1. The van der Waals surface area contributed by atoms with Gasteiger partial charge < -0.3 is 20.1 Å². The maximum Gasteiger partial charge on any atom is 0.314 e. The highest BCUT2D eigenvalue weighted by Gasteiger charge is 2.01. The van der Waals surface area contributed by atoms with E-state index in [2.05, 4.69) is 10.6 Å². The van der Waals surface area contributed by atoms with Crippen LogP contribution in [0.2, 0.25) is 5.02 Å². The van der Waals surface area contributed by atoms with E-state index in [9.17, 15) is 4.79 Å². The number of carbonyl (C=O) groups excluding carboxylic acids is 1. The second-order valence-electron chi connectivity index (χ2n) is 5.09. The first-order valence-corrected chi connectivity index (χ1v) is 8.08. The predicted molar refractivity (Wildman–Crippen MR) is 95.0 cm³/mol. The Hall–Kier alpha value is -2.40. The maximum absolute atomic E-state index is 11.7. The Balaban J connectivity index is 1.58. The summed E-state index contributed by atoms with van der Waals surface area (Å²) in [7, 11) is 1.61. The van der Waals surface area contributed by atoms with Crippen molar-refractivity contribution < 1.29 is 14.3 Å². The van der Waals surface area contributed by atoms with E-state index < -0.39 is 0 Å². The van der Waals surface area contributed by atoms with Gasteiger partial charge in [-0.2, -0.15) is 0 Å². The molecule has 5 nitrogen and oxygen atoms in total. The maximum atomic E-state index is 11.7. The van der Waals surface area contributed by atoms with Crippen LogP contribution in [0.4, 0.5) is 4.79 Å². The number of methoxy groups -OCH3 is 1. The zero-order valence-corrected chi connectivity index (χ0v) is 14.3. The van der Waals surface area contributed by atoms with Crippen LogP contribution in [0.5, 0.6) is 11.5 Å². The summed E-state index contributed by atoms with van der Waals surface area (Å²) in [6.45, 7) is 1.37. The number of ether oxygens (including phenoxy) is 2. The Bertz CT molecular complexity index is 647. The lowest BCUT2D eigenvalue weighted by Gasteiger charge is -2.10. The lowest BCUT2D eigenvalue weighted by atomic mass is 10.1. The van der Waals surface area contributed by atoms with E-state index >= 15 is 0 Å². The van der Waals surface area contributed by atoms with E-state index in [0.717, 1.165) is 17.7 Å². The standard InChI is InChI=1S/C18H21ClN2O3/c1-23-16-3-2-4-17(13-16)24-12-11-21-18(22)20-10-9-14-5-7-15(19)8-6-14/h2-8,13H,9-12H2,1H3,(H2,20,21,22). The number of carbonyl (C=O) groups is 1. The van der Waals surface area contributed by atoms with Crippen LogP contribution in [0.1, 0.15) is 5.56 Å². The lowest BCUT2D eigenvalue weighted by molar-refractivity contribution is 0.236. The molecule has 0 radical (unpaired) electrons. The molecule has 0 aliphatic carbocycles. The van der Waals surface area contributed by atoms with Crippen LogP contribution in [0.25, 0.3) is 0 Å². The van der Waals surface area contributed by atoms with Gasteiger partial charge in [-0.3, -0.25) is 0 Å². The fourth-order valence-electron chi connectivity index (χ4n) is 2.06. The average Bonchev–Trinajstić information content (AvgIpc) is 2.61. The van der Waals surface area contributed by atoms with Crippen molar-refractivity contribution in [1.82, 2.24) is 10.6 Å². The van der Waals surface area contributed by atoms with Crippen molar-refractivity contribution >= 4 is 17.6 Å². The molecule has 0 aliphatic rings. The SMILES string of the molecule is COc1cccc(OCCNC(=O)NCCc2ccc(Cl)cc2)c1. The van der Waals surface area contributed by atoms with Gasteiger partial charge in [-0.15, -0.1) is 0 Å². The summed E-state index contributed by atoms with van der Waals surface area (Å²) < 4.78 is 10.7. The minimum atomic E-state index is -0.210. The van der Waals surface area contributed by atoms with Crippen LogP contribution in [0.15, 0.2) is 48.5 Å². The Morgan fingerprint density at radius 2 is 1.75 bits per heavy atom. The number of halogens is 1.